The first-order chi connectivity index (χ1) is 11.6. The number of halogens is 1. The zero-order chi connectivity index (χ0) is 16.6. The molecule has 4 rings (SSSR count). The molecular formula is C18H21FN4O. The summed E-state index contributed by atoms with van der Waals surface area (Å²) in [5, 5.41) is 10.1. The molecule has 0 atom stereocenters. The summed E-state index contributed by atoms with van der Waals surface area (Å²) < 4.78 is 14.7. The highest BCUT2D eigenvalue weighted by atomic mass is 19.1. The molecule has 2 N–H and O–H groups in total. The molecule has 0 bridgehead atoms. The molecule has 0 saturated heterocycles. The molecule has 5 nitrogen and oxygen atoms in total. The van der Waals surface area contributed by atoms with Crippen LogP contribution in [0.15, 0.2) is 36.5 Å². The molecule has 2 aliphatic rings. The van der Waals surface area contributed by atoms with Crippen molar-refractivity contribution >= 4 is 11.8 Å². The van der Waals surface area contributed by atoms with Crippen LogP contribution < -0.4 is 10.6 Å². The summed E-state index contributed by atoms with van der Waals surface area (Å²) in [5.74, 6) is 1.19. The fourth-order valence-corrected chi connectivity index (χ4v) is 3.33. The number of nitrogens with one attached hydrogen (secondary N) is 2. The number of anilines is 1. The molecule has 2 amide bonds. The second-order valence-corrected chi connectivity index (χ2v) is 6.94. The molecule has 2 aliphatic carbocycles. The van der Waals surface area contributed by atoms with Crippen molar-refractivity contribution in [3.05, 3.63) is 47.9 Å². The number of nitrogens with zero attached hydrogens (tertiary/aromatic N) is 2. The van der Waals surface area contributed by atoms with Crippen LogP contribution in [-0.4, -0.2) is 22.4 Å². The lowest BCUT2D eigenvalue weighted by Gasteiger charge is -2.16. The van der Waals surface area contributed by atoms with Crippen molar-refractivity contribution in [1.82, 2.24) is 15.1 Å². The fraction of sp³-hybridized carbons (Fsp3) is 0.444. The standard InChI is InChI=1S/C18H21FN4O/c19-15-5-1-13(2-6-15)11-23-16(7-10-21-23)22-17(24)20-12-18(8-9-18)14-3-4-14/h1-2,5-7,10,14H,3-4,8-9,11-12H2,(H2,20,22,24). The Morgan fingerprint density at radius 3 is 2.67 bits per heavy atom. The van der Waals surface area contributed by atoms with Crippen LogP contribution in [-0.2, 0) is 6.54 Å². The van der Waals surface area contributed by atoms with Crippen LogP contribution in [0.25, 0.3) is 0 Å². The molecular weight excluding hydrogens is 307 g/mol. The minimum Gasteiger partial charge on any atom is -0.337 e. The Labute approximate surface area is 140 Å². The van der Waals surface area contributed by atoms with E-state index in [0.29, 0.717) is 17.8 Å². The van der Waals surface area contributed by atoms with Gasteiger partial charge in [0, 0.05) is 12.6 Å². The summed E-state index contributed by atoms with van der Waals surface area (Å²) in [5.41, 5.74) is 1.31. The number of hydrogen-bond donors (Lipinski definition) is 2. The van der Waals surface area contributed by atoms with Gasteiger partial charge in [0.15, 0.2) is 0 Å². The normalized spacial score (nSPS) is 18.2. The third-order valence-corrected chi connectivity index (χ3v) is 5.14. The second kappa shape index (κ2) is 5.92. The number of hydrogen-bond acceptors (Lipinski definition) is 2. The highest BCUT2D eigenvalue weighted by Crippen LogP contribution is 2.60. The Hall–Kier alpha value is -2.37. The monoisotopic (exact) mass is 328 g/mol. The second-order valence-electron chi connectivity index (χ2n) is 6.94. The largest absolute Gasteiger partial charge is 0.337 e. The van der Waals surface area contributed by atoms with Gasteiger partial charge in [-0.05, 0) is 54.7 Å². The molecule has 2 aromatic rings. The van der Waals surface area contributed by atoms with Gasteiger partial charge in [-0.1, -0.05) is 12.1 Å². The average Bonchev–Trinajstić information content (AvgIpc) is 3.47. The summed E-state index contributed by atoms with van der Waals surface area (Å²) in [4.78, 5) is 12.2. The summed E-state index contributed by atoms with van der Waals surface area (Å²) in [6, 6.07) is 7.84. The van der Waals surface area contributed by atoms with E-state index in [4.69, 9.17) is 0 Å². The molecule has 2 saturated carbocycles. The Balaban J connectivity index is 1.34. The van der Waals surface area contributed by atoms with E-state index in [1.54, 1.807) is 29.1 Å². The van der Waals surface area contributed by atoms with E-state index in [-0.39, 0.29) is 11.8 Å². The van der Waals surface area contributed by atoms with Gasteiger partial charge in [0.2, 0.25) is 0 Å². The number of carbonyl (C=O) groups is 1. The molecule has 2 fully saturated rings. The Kier molecular flexibility index (Phi) is 3.75. The number of benzene rings is 1. The minimum absolute atomic E-state index is 0.192. The van der Waals surface area contributed by atoms with Gasteiger partial charge in [-0.2, -0.15) is 5.10 Å². The van der Waals surface area contributed by atoms with Gasteiger partial charge in [0.1, 0.15) is 11.6 Å². The van der Waals surface area contributed by atoms with E-state index < -0.39 is 0 Å². The van der Waals surface area contributed by atoms with E-state index in [1.807, 2.05) is 0 Å². The zero-order valence-corrected chi connectivity index (χ0v) is 13.5. The van der Waals surface area contributed by atoms with Crippen LogP contribution in [0.3, 0.4) is 0 Å². The predicted molar refractivity (Wildman–Crippen MR) is 89.1 cm³/mol. The molecule has 0 radical (unpaired) electrons. The molecule has 126 valence electrons. The van der Waals surface area contributed by atoms with Crippen LogP contribution in [0, 0.1) is 17.2 Å². The van der Waals surface area contributed by atoms with Crippen molar-refractivity contribution in [2.75, 3.05) is 11.9 Å². The van der Waals surface area contributed by atoms with Gasteiger partial charge >= 0.3 is 6.03 Å². The van der Waals surface area contributed by atoms with Gasteiger partial charge in [-0.25, -0.2) is 13.9 Å². The average molecular weight is 328 g/mol. The minimum atomic E-state index is -0.262. The maximum Gasteiger partial charge on any atom is 0.320 e. The molecule has 1 aromatic carbocycles. The number of rotatable bonds is 6. The maximum atomic E-state index is 13.0. The van der Waals surface area contributed by atoms with Crippen molar-refractivity contribution in [3.63, 3.8) is 0 Å². The first kappa shape index (κ1) is 15.2. The van der Waals surface area contributed by atoms with Crippen LogP contribution in [0.5, 0.6) is 0 Å². The molecule has 0 unspecified atom stereocenters. The van der Waals surface area contributed by atoms with Crippen molar-refractivity contribution < 1.29 is 9.18 Å². The molecule has 0 spiro atoms. The van der Waals surface area contributed by atoms with Crippen molar-refractivity contribution in [1.29, 1.82) is 0 Å². The maximum absolute atomic E-state index is 13.0. The fourth-order valence-electron chi connectivity index (χ4n) is 3.33. The third kappa shape index (κ3) is 3.27. The summed E-state index contributed by atoms with van der Waals surface area (Å²) >= 11 is 0. The first-order valence-electron chi connectivity index (χ1n) is 8.46. The first-order valence-corrected chi connectivity index (χ1v) is 8.46. The molecule has 6 heteroatoms. The molecule has 1 aromatic heterocycles. The van der Waals surface area contributed by atoms with E-state index in [9.17, 15) is 9.18 Å². The van der Waals surface area contributed by atoms with Gasteiger partial charge in [0.05, 0.1) is 12.7 Å². The summed E-state index contributed by atoms with van der Waals surface area (Å²) in [6.07, 6.45) is 6.74. The molecule has 1 heterocycles. The van der Waals surface area contributed by atoms with Crippen LogP contribution in [0.1, 0.15) is 31.2 Å². The van der Waals surface area contributed by atoms with E-state index >= 15 is 0 Å². The van der Waals surface area contributed by atoms with Gasteiger partial charge in [-0.3, -0.25) is 5.32 Å². The summed E-state index contributed by atoms with van der Waals surface area (Å²) in [6.45, 7) is 1.24. The quantitative estimate of drug-likeness (QED) is 0.854. The summed E-state index contributed by atoms with van der Waals surface area (Å²) in [7, 11) is 0. The lowest BCUT2D eigenvalue weighted by atomic mass is 10.0. The van der Waals surface area contributed by atoms with Crippen molar-refractivity contribution in [2.24, 2.45) is 11.3 Å². The Morgan fingerprint density at radius 2 is 2.00 bits per heavy atom. The van der Waals surface area contributed by atoms with E-state index in [1.165, 1.54) is 37.8 Å². The van der Waals surface area contributed by atoms with Gasteiger partial charge < -0.3 is 5.32 Å². The lowest BCUT2D eigenvalue weighted by Crippen LogP contribution is -2.35. The molecule has 24 heavy (non-hydrogen) atoms. The predicted octanol–water partition coefficient (Wildman–Crippen LogP) is 3.38. The van der Waals surface area contributed by atoms with Crippen LogP contribution in [0.2, 0.25) is 0 Å². The number of amides is 2. The Bertz CT molecular complexity index is 732. The highest BCUT2D eigenvalue weighted by Gasteiger charge is 2.53. The SMILES string of the molecule is O=C(NCC1(C2CC2)CC1)Nc1ccnn1Cc1ccc(F)cc1. The van der Waals surface area contributed by atoms with E-state index in [0.717, 1.165) is 18.0 Å². The van der Waals surface area contributed by atoms with Crippen molar-refractivity contribution in [3.8, 4) is 0 Å². The van der Waals surface area contributed by atoms with Crippen molar-refractivity contribution in [2.45, 2.75) is 32.2 Å². The van der Waals surface area contributed by atoms with E-state index in [2.05, 4.69) is 15.7 Å². The zero-order valence-electron chi connectivity index (χ0n) is 13.5. The smallest absolute Gasteiger partial charge is 0.320 e. The topological polar surface area (TPSA) is 59.0 Å². The number of urea groups is 1. The highest BCUT2D eigenvalue weighted by molar-refractivity contribution is 5.88. The van der Waals surface area contributed by atoms with Crippen LogP contribution >= 0.6 is 0 Å². The lowest BCUT2D eigenvalue weighted by molar-refractivity contribution is 0.248. The Morgan fingerprint density at radius 1 is 1.25 bits per heavy atom. The molecule has 0 aliphatic heterocycles. The third-order valence-electron chi connectivity index (χ3n) is 5.14. The van der Waals surface area contributed by atoms with Crippen LogP contribution in [0.4, 0.5) is 15.0 Å². The number of carbonyl (C=O) groups excluding carboxylic acids is 1. The number of aromatic nitrogens is 2. The van der Waals surface area contributed by atoms with Gasteiger partial charge in [-0.15, -0.1) is 0 Å². The van der Waals surface area contributed by atoms with Gasteiger partial charge in [0.25, 0.3) is 0 Å².